The van der Waals surface area contributed by atoms with Gasteiger partial charge >= 0.3 is 6.09 Å². The van der Waals surface area contributed by atoms with Crippen molar-refractivity contribution in [2.24, 2.45) is 0 Å². The molecule has 0 saturated carbocycles. The minimum Gasteiger partial charge on any atom is -0.444 e. The van der Waals surface area contributed by atoms with Crippen LogP contribution in [0.3, 0.4) is 0 Å². The third-order valence-corrected chi connectivity index (χ3v) is 8.09. The van der Waals surface area contributed by atoms with Gasteiger partial charge in [0.25, 0.3) is 0 Å². The van der Waals surface area contributed by atoms with Gasteiger partial charge in [-0.05, 0) is 64.7 Å². The number of carbonyl (C=O) groups excluding carboxylic acids is 3. The molecule has 1 aromatic carbocycles. The molecule has 3 fully saturated rings. The lowest BCUT2D eigenvalue weighted by Gasteiger charge is -2.39. The Bertz CT molecular complexity index is 1150. The van der Waals surface area contributed by atoms with Gasteiger partial charge in [-0.1, -0.05) is 12.1 Å². The van der Waals surface area contributed by atoms with Gasteiger partial charge in [-0.3, -0.25) is 14.5 Å². The van der Waals surface area contributed by atoms with E-state index >= 15 is 0 Å². The third-order valence-electron chi connectivity index (χ3n) is 7.49. The van der Waals surface area contributed by atoms with Crippen LogP contribution >= 0.6 is 12.0 Å². The van der Waals surface area contributed by atoms with Gasteiger partial charge in [0.15, 0.2) is 0 Å². The topological polar surface area (TPSA) is 128 Å². The number of hydrogen-bond acceptors (Lipinski definition) is 10. The highest BCUT2D eigenvalue weighted by molar-refractivity contribution is 7.94. The van der Waals surface area contributed by atoms with Gasteiger partial charge in [-0.25, -0.2) is 4.79 Å². The Morgan fingerprint density at radius 3 is 2.56 bits per heavy atom. The van der Waals surface area contributed by atoms with Crippen LogP contribution in [0.25, 0.3) is 0 Å². The fourth-order valence-corrected chi connectivity index (χ4v) is 6.19. The summed E-state index contributed by atoms with van der Waals surface area (Å²) in [7, 11) is 3.45. The molecule has 0 radical (unpaired) electrons. The molecule has 12 nitrogen and oxygen atoms in total. The molecule has 5 atom stereocenters. The van der Waals surface area contributed by atoms with Crippen molar-refractivity contribution in [1.82, 2.24) is 25.1 Å². The molecule has 13 heteroatoms. The van der Waals surface area contributed by atoms with Crippen molar-refractivity contribution >= 4 is 30.0 Å². The van der Waals surface area contributed by atoms with Crippen LogP contribution in [0.1, 0.15) is 58.6 Å². The van der Waals surface area contributed by atoms with Crippen LogP contribution in [0.15, 0.2) is 29.2 Å². The van der Waals surface area contributed by atoms with Gasteiger partial charge in [0.1, 0.15) is 17.7 Å². The van der Waals surface area contributed by atoms with Gasteiger partial charge < -0.3 is 19.9 Å². The number of amides is 3. The zero-order valence-electron chi connectivity index (χ0n) is 24.5. The summed E-state index contributed by atoms with van der Waals surface area (Å²) in [5.74, 6) is -0.312. The highest BCUT2D eigenvalue weighted by atomic mass is 32.2. The maximum absolute atomic E-state index is 13.6. The quantitative estimate of drug-likeness (QED) is 0.248. The SMILES string of the molecule is C[C@H](c1ccc(SOON(C)C)cc1)N1C(=O)[C@@H]2C[C@H]1CN2C[C@H](NC(=O)OC(C)(C)C)C(=O)N1CCC[C@H]1C#N. The Balaban J connectivity index is 1.41. The molecule has 3 saturated heterocycles. The average Bonchev–Trinajstić information content (AvgIpc) is 3.61. The number of alkyl carbamates (subject to hydrolysis) is 1. The van der Waals surface area contributed by atoms with Crippen LogP contribution in [0.4, 0.5) is 4.79 Å². The van der Waals surface area contributed by atoms with Crippen molar-refractivity contribution in [2.75, 3.05) is 33.7 Å². The number of benzene rings is 1. The van der Waals surface area contributed by atoms with E-state index in [-0.39, 0.29) is 36.5 Å². The summed E-state index contributed by atoms with van der Waals surface area (Å²) >= 11 is 1.10. The van der Waals surface area contributed by atoms with Crippen molar-refractivity contribution in [1.29, 1.82) is 5.26 Å². The molecule has 0 aromatic heterocycles. The van der Waals surface area contributed by atoms with Gasteiger partial charge in [0, 0.05) is 44.7 Å². The Morgan fingerprint density at radius 2 is 1.95 bits per heavy atom. The largest absolute Gasteiger partial charge is 0.444 e. The predicted octanol–water partition coefficient (Wildman–Crippen LogP) is 2.87. The predicted molar refractivity (Wildman–Crippen MR) is 151 cm³/mol. The van der Waals surface area contributed by atoms with Gasteiger partial charge in [-0.2, -0.15) is 10.3 Å². The molecule has 0 spiro atoms. The van der Waals surface area contributed by atoms with Crippen LogP contribution in [-0.2, 0) is 23.6 Å². The zero-order valence-corrected chi connectivity index (χ0v) is 25.3. The number of nitrogens with zero attached hydrogens (tertiary/aromatic N) is 5. The first-order valence-corrected chi connectivity index (χ1v) is 14.7. The molecule has 1 aromatic rings. The molecular weight excluding hydrogens is 548 g/mol. The summed E-state index contributed by atoms with van der Waals surface area (Å²) in [5.41, 5.74) is 0.274. The summed E-state index contributed by atoms with van der Waals surface area (Å²) in [6.45, 7) is 8.50. The monoisotopic (exact) mass is 588 g/mol. The number of likely N-dealkylation sites (tertiary alicyclic amines) is 3. The highest BCUT2D eigenvalue weighted by Crippen LogP contribution is 2.38. The molecule has 0 unspecified atom stereocenters. The summed E-state index contributed by atoms with van der Waals surface area (Å²) in [6.07, 6.45) is 1.30. The van der Waals surface area contributed by atoms with E-state index in [0.717, 1.165) is 28.9 Å². The Labute approximate surface area is 245 Å². The third kappa shape index (κ3) is 7.50. The van der Waals surface area contributed by atoms with Crippen molar-refractivity contribution in [3.63, 3.8) is 0 Å². The number of hydrogen-bond donors (Lipinski definition) is 1. The van der Waals surface area contributed by atoms with Crippen LogP contribution in [0.2, 0.25) is 0 Å². The molecule has 2 bridgehead atoms. The van der Waals surface area contributed by atoms with Crippen LogP contribution < -0.4 is 5.32 Å². The van der Waals surface area contributed by atoms with Crippen molar-refractivity contribution in [3.8, 4) is 6.07 Å². The standard InChI is InChI=1S/C28H40N6O6S/c1-18(19-9-11-22(12-10-19)41-40-39-31(5)6)34-21-14-24(26(34)36)32(16-21)17-23(30-27(37)38-28(2,3)4)25(35)33-13-7-8-20(33)15-29/h9-12,18,20-21,23-24H,7-8,13-14,16-17H2,1-6H3,(H,30,37)/t18-,20+,21+,23+,24+/m1/s1. The molecular formula is C28H40N6O6S. The zero-order chi connectivity index (χ0) is 29.9. The average molecular weight is 589 g/mol. The molecule has 41 heavy (non-hydrogen) atoms. The summed E-state index contributed by atoms with van der Waals surface area (Å²) in [5, 5.41) is 13.7. The van der Waals surface area contributed by atoms with Crippen molar-refractivity contribution in [2.45, 2.75) is 87.7 Å². The number of hydroxylamine groups is 2. The lowest BCUT2D eigenvalue weighted by atomic mass is 10.1. The molecule has 1 N–H and O–H groups in total. The summed E-state index contributed by atoms with van der Waals surface area (Å²) in [4.78, 5) is 51.0. The van der Waals surface area contributed by atoms with Crippen LogP contribution in [-0.4, -0.2) is 101 Å². The van der Waals surface area contributed by atoms with Crippen molar-refractivity contribution in [3.05, 3.63) is 29.8 Å². The van der Waals surface area contributed by atoms with E-state index in [1.807, 2.05) is 41.0 Å². The number of piperazine rings is 1. The molecule has 3 heterocycles. The maximum Gasteiger partial charge on any atom is 0.408 e. The number of nitrogens with one attached hydrogen (secondary N) is 1. The molecule has 0 aliphatic carbocycles. The summed E-state index contributed by atoms with van der Waals surface area (Å²) < 4.78 is 10.5. The van der Waals surface area contributed by atoms with Crippen LogP contribution in [0.5, 0.6) is 0 Å². The second-order valence-corrected chi connectivity index (χ2v) is 12.7. The summed E-state index contributed by atoms with van der Waals surface area (Å²) in [6, 6.07) is 8.02. The Kier molecular flexibility index (Phi) is 9.81. The first kappa shape index (κ1) is 31.1. The van der Waals surface area contributed by atoms with E-state index in [0.29, 0.717) is 25.9 Å². The van der Waals surface area contributed by atoms with E-state index in [1.165, 1.54) is 9.96 Å². The van der Waals surface area contributed by atoms with Gasteiger partial charge in [0.05, 0.1) is 30.2 Å². The highest BCUT2D eigenvalue weighted by Gasteiger charge is 2.52. The van der Waals surface area contributed by atoms with E-state index in [9.17, 15) is 19.6 Å². The molecule has 3 aliphatic rings. The van der Waals surface area contributed by atoms with Gasteiger partial charge in [-0.15, -0.1) is 9.32 Å². The van der Waals surface area contributed by atoms with E-state index in [2.05, 4.69) is 11.4 Å². The fourth-order valence-electron chi connectivity index (χ4n) is 5.71. The Morgan fingerprint density at radius 1 is 1.24 bits per heavy atom. The number of nitriles is 1. The van der Waals surface area contributed by atoms with Gasteiger partial charge in [0.2, 0.25) is 11.8 Å². The fraction of sp³-hybridized carbons (Fsp3) is 0.643. The minimum absolute atomic E-state index is 0.00876. The number of rotatable bonds is 10. The second-order valence-electron chi connectivity index (χ2n) is 11.9. The molecule has 224 valence electrons. The maximum atomic E-state index is 13.6. The minimum atomic E-state index is -0.930. The molecule has 3 aliphatic heterocycles. The Hall–Kier alpha value is -2.89. The molecule has 4 rings (SSSR count). The second kappa shape index (κ2) is 13.0. The first-order chi connectivity index (χ1) is 19.4. The van der Waals surface area contributed by atoms with E-state index < -0.39 is 23.8 Å². The lowest BCUT2D eigenvalue weighted by molar-refractivity contribution is -0.340. The normalized spacial score (nSPS) is 24.0. The van der Waals surface area contributed by atoms with E-state index in [1.54, 1.807) is 34.9 Å². The number of ether oxygens (including phenoxy) is 1. The van der Waals surface area contributed by atoms with Crippen molar-refractivity contribution < 1.29 is 28.4 Å². The lowest BCUT2D eigenvalue weighted by Crippen LogP contribution is -2.59. The number of fused-ring (bicyclic) bond motifs is 2. The van der Waals surface area contributed by atoms with Crippen LogP contribution in [0, 0.1) is 11.3 Å². The smallest absolute Gasteiger partial charge is 0.408 e. The van der Waals surface area contributed by atoms with E-state index in [4.69, 9.17) is 14.1 Å². The molecule has 3 amide bonds. The number of carbonyl (C=O) groups is 3. The first-order valence-electron chi connectivity index (χ1n) is 13.9.